The Labute approximate surface area is 105 Å². The average Bonchev–Trinajstić information content (AvgIpc) is 2.87. The maximum Gasteiger partial charge on any atom is 0.235 e. The van der Waals surface area contributed by atoms with Crippen LogP contribution >= 0.6 is 0 Å². The summed E-state index contributed by atoms with van der Waals surface area (Å²) >= 11 is 0. The van der Waals surface area contributed by atoms with Crippen LogP contribution in [0.3, 0.4) is 0 Å². The standard InChI is InChI=1S/C14H13NO3/c16-8-15-12-4-2-1-3-11(12)10-5-6-13-14(7-10)18-9-17-13/h1-2,5-7,11-12H,3-4,9H2/t11-,12+/m1/s1. The van der Waals surface area contributed by atoms with Crippen molar-refractivity contribution in [1.82, 2.24) is 0 Å². The second-order valence-corrected chi connectivity index (χ2v) is 4.45. The third kappa shape index (κ3) is 1.91. The maximum atomic E-state index is 10.5. The molecule has 4 nitrogen and oxygen atoms in total. The molecule has 0 aromatic heterocycles. The summed E-state index contributed by atoms with van der Waals surface area (Å²) in [6.45, 7) is 0.277. The van der Waals surface area contributed by atoms with E-state index in [1.54, 1.807) is 6.08 Å². The van der Waals surface area contributed by atoms with Crippen molar-refractivity contribution >= 4 is 6.08 Å². The third-order valence-electron chi connectivity index (χ3n) is 3.44. The quantitative estimate of drug-likeness (QED) is 0.455. The number of aliphatic imine (C=N–C) groups is 1. The van der Waals surface area contributed by atoms with Gasteiger partial charge in [-0.05, 0) is 30.5 Å². The monoisotopic (exact) mass is 243 g/mol. The van der Waals surface area contributed by atoms with Crippen LogP contribution in [0.2, 0.25) is 0 Å². The minimum absolute atomic E-state index is 0.0205. The maximum absolute atomic E-state index is 10.5. The molecule has 18 heavy (non-hydrogen) atoms. The van der Waals surface area contributed by atoms with Gasteiger partial charge in [0.1, 0.15) is 0 Å². The van der Waals surface area contributed by atoms with Crippen molar-refractivity contribution < 1.29 is 14.3 Å². The van der Waals surface area contributed by atoms with Gasteiger partial charge >= 0.3 is 0 Å². The first kappa shape index (κ1) is 11.1. The fourth-order valence-corrected chi connectivity index (χ4v) is 2.51. The van der Waals surface area contributed by atoms with Crippen LogP contribution in [0.25, 0.3) is 0 Å². The number of hydrogen-bond acceptors (Lipinski definition) is 4. The Morgan fingerprint density at radius 2 is 2.00 bits per heavy atom. The first-order chi connectivity index (χ1) is 8.88. The minimum Gasteiger partial charge on any atom is -0.454 e. The molecule has 0 N–H and O–H groups in total. The van der Waals surface area contributed by atoms with Gasteiger partial charge in [0.25, 0.3) is 0 Å². The van der Waals surface area contributed by atoms with Gasteiger partial charge in [0.15, 0.2) is 11.5 Å². The topological polar surface area (TPSA) is 47.9 Å². The highest BCUT2D eigenvalue weighted by atomic mass is 16.7. The van der Waals surface area contributed by atoms with E-state index in [1.165, 1.54) is 0 Å². The molecule has 0 radical (unpaired) electrons. The Kier molecular flexibility index (Phi) is 2.87. The molecule has 0 spiro atoms. The van der Waals surface area contributed by atoms with Gasteiger partial charge in [0.2, 0.25) is 12.9 Å². The molecular weight excluding hydrogens is 230 g/mol. The molecule has 0 amide bonds. The van der Waals surface area contributed by atoms with E-state index in [9.17, 15) is 4.79 Å². The molecule has 4 heteroatoms. The summed E-state index contributed by atoms with van der Waals surface area (Å²) < 4.78 is 10.7. The first-order valence-corrected chi connectivity index (χ1v) is 6.00. The molecule has 2 atom stereocenters. The van der Waals surface area contributed by atoms with Crippen LogP contribution < -0.4 is 9.47 Å². The molecule has 0 fully saturated rings. The summed E-state index contributed by atoms with van der Waals surface area (Å²) in [6, 6.07) is 5.90. The number of ether oxygens (including phenoxy) is 2. The van der Waals surface area contributed by atoms with Crippen molar-refractivity contribution in [2.75, 3.05) is 6.79 Å². The smallest absolute Gasteiger partial charge is 0.235 e. The largest absolute Gasteiger partial charge is 0.454 e. The minimum atomic E-state index is -0.0205. The number of rotatable bonds is 2. The lowest BCUT2D eigenvalue weighted by Crippen LogP contribution is -2.18. The Morgan fingerprint density at radius 1 is 1.17 bits per heavy atom. The van der Waals surface area contributed by atoms with Gasteiger partial charge in [-0.2, -0.15) is 0 Å². The van der Waals surface area contributed by atoms with Crippen molar-refractivity contribution in [2.24, 2.45) is 4.99 Å². The summed E-state index contributed by atoms with van der Waals surface area (Å²) in [5.41, 5.74) is 1.13. The first-order valence-electron chi connectivity index (χ1n) is 6.00. The van der Waals surface area contributed by atoms with Gasteiger partial charge in [0.05, 0.1) is 6.04 Å². The lowest BCUT2D eigenvalue weighted by molar-refractivity contribution is 0.174. The third-order valence-corrected chi connectivity index (χ3v) is 3.44. The van der Waals surface area contributed by atoms with Gasteiger partial charge in [-0.3, -0.25) is 0 Å². The molecule has 2 aliphatic rings. The molecule has 0 saturated heterocycles. The molecule has 3 rings (SSSR count). The molecule has 0 saturated carbocycles. The average molecular weight is 243 g/mol. The van der Waals surface area contributed by atoms with E-state index in [0.717, 1.165) is 29.9 Å². The van der Waals surface area contributed by atoms with E-state index < -0.39 is 0 Å². The SMILES string of the molecule is O=C=N[C@H]1CC=CC[C@@H]1c1ccc2c(c1)OCO2. The number of nitrogens with zero attached hydrogens (tertiary/aromatic N) is 1. The molecule has 0 unspecified atom stereocenters. The summed E-state index contributed by atoms with van der Waals surface area (Å²) in [4.78, 5) is 14.4. The van der Waals surface area contributed by atoms with Crippen LogP contribution in [0.4, 0.5) is 0 Å². The van der Waals surface area contributed by atoms with E-state index in [-0.39, 0.29) is 18.8 Å². The van der Waals surface area contributed by atoms with Crippen LogP contribution in [0.5, 0.6) is 11.5 Å². The Bertz CT molecular complexity index is 532. The molecule has 1 aromatic carbocycles. The van der Waals surface area contributed by atoms with Crippen molar-refractivity contribution in [3.63, 3.8) is 0 Å². The molecule has 92 valence electrons. The fraction of sp³-hybridized carbons (Fsp3) is 0.357. The van der Waals surface area contributed by atoms with Crippen LogP contribution in [0.15, 0.2) is 35.3 Å². The van der Waals surface area contributed by atoms with E-state index in [0.29, 0.717) is 0 Å². The Balaban J connectivity index is 1.93. The van der Waals surface area contributed by atoms with E-state index in [2.05, 4.69) is 17.1 Å². The summed E-state index contributed by atoms with van der Waals surface area (Å²) in [5, 5.41) is 0. The zero-order valence-electron chi connectivity index (χ0n) is 9.83. The predicted molar refractivity (Wildman–Crippen MR) is 65.6 cm³/mol. The van der Waals surface area contributed by atoms with Gasteiger partial charge in [-0.15, -0.1) is 0 Å². The Morgan fingerprint density at radius 3 is 2.89 bits per heavy atom. The number of hydrogen-bond donors (Lipinski definition) is 0. The van der Waals surface area contributed by atoms with Gasteiger partial charge in [0, 0.05) is 5.92 Å². The highest BCUT2D eigenvalue weighted by Gasteiger charge is 2.25. The molecule has 1 aromatic rings. The molecular formula is C14H13NO3. The van der Waals surface area contributed by atoms with Crippen molar-refractivity contribution in [2.45, 2.75) is 24.8 Å². The summed E-state index contributed by atoms with van der Waals surface area (Å²) in [7, 11) is 0. The zero-order chi connectivity index (χ0) is 12.4. The van der Waals surface area contributed by atoms with E-state index in [1.807, 2.05) is 18.2 Å². The normalized spacial score (nSPS) is 24.7. The fourth-order valence-electron chi connectivity index (χ4n) is 2.51. The van der Waals surface area contributed by atoms with Gasteiger partial charge in [-0.25, -0.2) is 9.79 Å². The lowest BCUT2D eigenvalue weighted by Gasteiger charge is -2.24. The molecule has 1 aliphatic heterocycles. The summed E-state index contributed by atoms with van der Waals surface area (Å²) in [5.74, 6) is 1.77. The number of fused-ring (bicyclic) bond motifs is 1. The molecule has 0 bridgehead atoms. The summed E-state index contributed by atoms with van der Waals surface area (Å²) in [6.07, 6.45) is 7.54. The molecule has 1 heterocycles. The van der Waals surface area contributed by atoms with E-state index >= 15 is 0 Å². The number of allylic oxidation sites excluding steroid dienone is 1. The lowest BCUT2D eigenvalue weighted by atomic mass is 9.83. The van der Waals surface area contributed by atoms with Crippen LogP contribution in [-0.2, 0) is 4.79 Å². The van der Waals surface area contributed by atoms with Crippen molar-refractivity contribution in [3.8, 4) is 11.5 Å². The van der Waals surface area contributed by atoms with Crippen molar-refractivity contribution in [1.29, 1.82) is 0 Å². The second-order valence-electron chi connectivity index (χ2n) is 4.45. The zero-order valence-corrected chi connectivity index (χ0v) is 9.83. The number of benzene rings is 1. The van der Waals surface area contributed by atoms with Crippen molar-refractivity contribution in [3.05, 3.63) is 35.9 Å². The van der Waals surface area contributed by atoms with Crippen LogP contribution in [-0.4, -0.2) is 18.9 Å². The predicted octanol–water partition coefficient (Wildman–Crippen LogP) is 2.55. The van der Waals surface area contributed by atoms with Crippen LogP contribution in [0.1, 0.15) is 24.3 Å². The second kappa shape index (κ2) is 4.67. The number of isocyanates is 1. The van der Waals surface area contributed by atoms with Gasteiger partial charge < -0.3 is 9.47 Å². The van der Waals surface area contributed by atoms with Gasteiger partial charge in [-0.1, -0.05) is 18.2 Å². The van der Waals surface area contributed by atoms with Crippen LogP contribution in [0, 0.1) is 0 Å². The van der Waals surface area contributed by atoms with E-state index in [4.69, 9.17) is 9.47 Å². The Hall–Kier alpha value is -2.06. The molecule has 1 aliphatic carbocycles. The highest BCUT2D eigenvalue weighted by Crippen LogP contribution is 2.38. The highest BCUT2D eigenvalue weighted by molar-refractivity contribution is 5.46. The number of carbonyl (C=O) groups excluding carboxylic acids is 1.